The van der Waals surface area contributed by atoms with Gasteiger partial charge in [-0.25, -0.2) is 15.4 Å². The molecule has 0 saturated carbocycles. The molecule has 192 valence electrons. The van der Waals surface area contributed by atoms with E-state index in [4.69, 9.17) is 5.21 Å². The van der Waals surface area contributed by atoms with E-state index >= 15 is 0 Å². The fourth-order valence-electron chi connectivity index (χ4n) is 4.41. The third-order valence-electron chi connectivity index (χ3n) is 6.65. The van der Waals surface area contributed by atoms with E-state index in [0.29, 0.717) is 24.0 Å². The highest BCUT2D eigenvalue weighted by atomic mass is 16.5. The molecule has 1 aromatic rings. The first-order valence-corrected chi connectivity index (χ1v) is 12.9. The number of likely N-dealkylation sites (N-methyl/N-ethyl adjacent to an activating group) is 1. The number of carbonyl (C=O) groups is 2. The van der Waals surface area contributed by atoms with E-state index in [0.717, 1.165) is 64.5 Å². The van der Waals surface area contributed by atoms with Crippen LogP contribution in [0.1, 0.15) is 94.3 Å². The number of anilines is 1. The lowest BCUT2D eigenvalue weighted by molar-refractivity contribution is -0.129. The summed E-state index contributed by atoms with van der Waals surface area (Å²) in [6, 6.07) is 0.635. The zero-order valence-electron chi connectivity index (χ0n) is 21.3. The van der Waals surface area contributed by atoms with Crippen LogP contribution in [-0.2, 0) is 4.79 Å². The average molecular weight is 477 g/mol. The molecular formula is C25H44N6O3. The number of hydrogen-bond donors (Lipinski definition) is 3. The largest absolute Gasteiger partial charge is 0.349 e. The van der Waals surface area contributed by atoms with Gasteiger partial charge in [0.05, 0.1) is 5.56 Å². The van der Waals surface area contributed by atoms with Crippen molar-refractivity contribution < 1.29 is 14.8 Å². The van der Waals surface area contributed by atoms with Crippen LogP contribution in [0.2, 0.25) is 0 Å². The number of hydroxylamine groups is 1. The van der Waals surface area contributed by atoms with Gasteiger partial charge in [0.1, 0.15) is 0 Å². The maximum Gasteiger partial charge on any atom is 0.254 e. The zero-order valence-corrected chi connectivity index (χ0v) is 21.3. The fraction of sp³-hybridized carbons (Fsp3) is 0.760. The SMILES string of the molecule is CCCCCC[C@H](CCCCCCC(=O)NO)NC(=O)c1cnc(N2CCC(N(C)C)C2)nc1. The van der Waals surface area contributed by atoms with E-state index in [1.54, 1.807) is 17.9 Å². The standard InChI is InChI=1S/C25H44N6O3/c1-4-5-6-9-12-21(13-10-7-8-11-14-23(32)29-34)28-24(33)20-17-26-25(27-18-20)31-16-15-22(19-31)30(2)3/h17-18,21-22,34H,4-16,19H2,1-3H3,(H,28,33)(H,29,32)/t21-,22?/m1/s1. The number of nitrogens with one attached hydrogen (secondary N) is 2. The van der Waals surface area contributed by atoms with Crippen LogP contribution in [0.4, 0.5) is 5.95 Å². The molecule has 2 heterocycles. The van der Waals surface area contributed by atoms with E-state index in [9.17, 15) is 9.59 Å². The lowest BCUT2D eigenvalue weighted by atomic mass is 10.0. The molecule has 0 bridgehead atoms. The van der Waals surface area contributed by atoms with Gasteiger partial charge in [0, 0.05) is 44.0 Å². The van der Waals surface area contributed by atoms with E-state index in [1.807, 2.05) is 0 Å². The minimum absolute atomic E-state index is 0.112. The Labute approximate surface area is 204 Å². The Morgan fingerprint density at radius 1 is 1.09 bits per heavy atom. The van der Waals surface area contributed by atoms with Crippen molar-refractivity contribution in [1.29, 1.82) is 0 Å². The molecule has 2 amide bonds. The number of unbranched alkanes of at least 4 members (excludes halogenated alkanes) is 6. The number of carbonyl (C=O) groups excluding carboxylic acids is 2. The molecule has 9 nitrogen and oxygen atoms in total. The first-order chi connectivity index (χ1) is 16.4. The van der Waals surface area contributed by atoms with Crippen LogP contribution in [-0.4, -0.2) is 71.2 Å². The van der Waals surface area contributed by atoms with Crippen molar-refractivity contribution in [3.8, 4) is 0 Å². The molecule has 9 heteroatoms. The molecule has 1 fully saturated rings. The van der Waals surface area contributed by atoms with Crippen LogP contribution in [0.25, 0.3) is 0 Å². The summed E-state index contributed by atoms with van der Waals surface area (Å²) >= 11 is 0. The molecule has 3 N–H and O–H groups in total. The Kier molecular flexibility index (Phi) is 12.8. The molecule has 0 aliphatic carbocycles. The highest BCUT2D eigenvalue weighted by Gasteiger charge is 2.25. The maximum absolute atomic E-state index is 12.9. The Hall–Kier alpha value is -2.26. The number of rotatable bonds is 16. The normalized spacial score (nSPS) is 16.6. The molecule has 1 aliphatic rings. The van der Waals surface area contributed by atoms with Crippen LogP contribution in [0.3, 0.4) is 0 Å². The van der Waals surface area contributed by atoms with Crippen molar-refractivity contribution >= 4 is 17.8 Å². The van der Waals surface area contributed by atoms with Crippen LogP contribution in [0.15, 0.2) is 12.4 Å². The van der Waals surface area contributed by atoms with Gasteiger partial charge in [-0.2, -0.15) is 0 Å². The second-order valence-corrected chi connectivity index (χ2v) is 9.63. The Balaban J connectivity index is 1.83. The highest BCUT2D eigenvalue weighted by Crippen LogP contribution is 2.19. The van der Waals surface area contributed by atoms with Crippen molar-refractivity contribution in [2.24, 2.45) is 0 Å². The highest BCUT2D eigenvalue weighted by molar-refractivity contribution is 5.93. The molecule has 34 heavy (non-hydrogen) atoms. The second kappa shape index (κ2) is 15.6. The Morgan fingerprint density at radius 2 is 1.74 bits per heavy atom. The summed E-state index contributed by atoms with van der Waals surface area (Å²) < 4.78 is 0. The average Bonchev–Trinajstić information content (AvgIpc) is 3.34. The minimum atomic E-state index is -0.337. The number of aromatic nitrogens is 2. The van der Waals surface area contributed by atoms with Crippen molar-refractivity contribution in [3.63, 3.8) is 0 Å². The summed E-state index contributed by atoms with van der Waals surface area (Å²) in [7, 11) is 4.19. The molecule has 1 aromatic heterocycles. The Bertz CT molecular complexity index is 728. The predicted molar refractivity (Wildman–Crippen MR) is 134 cm³/mol. The van der Waals surface area contributed by atoms with Crippen molar-refractivity contribution in [2.75, 3.05) is 32.1 Å². The summed E-state index contributed by atoms with van der Waals surface area (Å²) in [4.78, 5) is 37.3. The molecule has 0 radical (unpaired) electrons. The van der Waals surface area contributed by atoms with Gasteiger partial charge in [0.2, 0.25) is 11.9 Å². The van der Waals surface area contributed by atoms with Crippen molar-refractivity contribution in [1.82, 2.24) is 25.7 Å². The van der Waals surface area contributed by atoms with Gasteiger partial charge >= 0.3 is 0 Å². The van der Waals surface area contributed by atoms with Crippen LogP contribution in [0.5, 0.6) is 0 Å². The molecule has 2 rings (SSSR count). The summed E-state index contributed by atoms with van der Waals surface area (Å²) in [6.45, 7) is 4.03. The molecule has 0 aromatic carbocycles. The van der Waals surface area contributed by atoms with Gasteiger partial charge in [-0.05, 0) is 39.8 Å². The van der Waals surface area contributed by atoms with E-state index in [1.165, 1.54) is 19.3 Å². The van der Waals surface area contributed by atoms with Crippen molar-refractivity contribution in [2.45, 2.75) is 96.1 Å². The Morgan fingerprint density at radius 3 is 2.32 bits per heavy atom. The fourth-order valence-corrected chi connectivity index (χ4v) is 4.41. The van der Waals surface area contributed by atoms with E-state index in [-0.39, 0.29) is 17.9 Å². The maximum atomic E-state index is 12.9. The summed E-state index contributed by atoms with van der Waals surface area (Å²) in [6.07, 6.45) is 15.0. The molecule has 0 spiro atoms. The van der Waals surface area contributed by atoms with Gasteiger partial charge in [-0.1, -0.05) is 51.9 Å². The third-order valence-corrected chi connectivity index (χ3v) is 6.65. The van der Waals surface area contributed by atoms with Crippen LogP contribution in [0, 0.1) is 0 Å². The molecular weight excluding hydrogens is 432 g/mol. The zero-order chi connectivity index (χ0) is 24.8. The second-order valence-electron chi connectivity index (χ2n) is 9.63. The van der Waals surface area contributed by atoms with Gasteiger partial charge < -0.3 is 15.1 Å². The smallest absolute Gasteiger partial charge is 0.254 e. The van der Waals surface area contributed by atoms with Gasteiger partial charge in [0.15, 0.2) is 0 Å². The molecule has 1 unspecified atom stereocenters. The van der Waals surface area contributed by atoms with Crippen molar-refractivity contribution in [3.05, 3.63) is 18.0 Å². The number of amides is 2. The minimum Gasteiger partial charge on any atom is -0.349 e. The summed E-state index contributed by atoms with van der Waals surface area (Å²) in [5.41, 5.74) is 2.17. The first-order valence-electron chi connectivity index (χ1n) is 12.9. The summed E-state index contributed by atoms with van der Waals surface area (Å²) in [5, 5.41) is 11.8. The van der Waals surface area contributed by atoms with E-state index < -0.39 is 0 Å². The topological polar surface area (TPSA) is 111 Å². The first kappa shape index (κ1) is 28.0. The van der Waals surface area contributed by atoms with Crippen LogP contribution < -0.4 is 15.7 Å². The lowest BCUT2D eigenvalue weighted by Crippen LogP contribution is -2.35. The van der Waals surface area contributed by atoms with Crippen LogP contribution >= 0.6 is 0 Å². The van der Waals surface area contributed by atoms with Gasteiger partial charge in [0.25, 0.3) is 5.91 Å². The predicted octanol–water partition coefficient (Wildman–Crippen LogP) is 3.53. The third kappa shape index (κ3) is 9.93. The number of nitrogens with zero attached hydrogens (tertiary/aromatic N) is 4. The molecule has 2 atom stereocenters. The quantitative estimate of drug-likeness (QED) is 0.190. The van der Waals surface area contributed by atoms with E-state index in [2.05, 4.69) is 46.1 Å². The molecule has 1 aliphatic heterocycles. The number of hydrogen-bond acceptors (Lipinski definition) is 7. The van der Waals surface area contributed by atoms with Gasteiger partial charge in [-0.3, -0.25) is 14.8 Å². The monoisotopic (exact) mass is 476 g/mol. The van der Waals surface area contributed by atoms with Gasteiger partial charge in [-0.15, -0.1) is 0 Å². The lowest BCUT2D eigenvalue weighted by Gasteiger charge is -2.21. The summed E-state index contributed by atoms with van der Waals surface area (Å²) in [5.74, 6) is 0.239. The molecule has 1 saturated heterocycles.